The standard InChI is InChI=1S/C22H25BrN4O3S/c1-14-5-6-16(11-25-31(4,29)30)7-21(14)22(28)26-15(2)17-8-18(10-20(23)9-17)19-12-24-27(3)13-19/h5-10,12-13,15,25H,11H2,1-4H3,(H,26,28)/t15-/m1/s1. The molecule has 31 heavy (non-hydrogen) atoms. The van der Waals surface area contributed by atoms with E-state index >= 15 is 0 Å². The Labute approximate surface area is 191 Å². The average molecular weight is 505 g/mol. The number of halogens is 1. The Morgan fingerprint density at radius 1 is 1.19 bits per heavy atom. The second-order valence-electron chi connectivity index (χ2n) is 7.61. The number of carbonyl (C=O) groups is 1. The van der Waals surface area contributed by atoms with Crippen LogP contribution in [0.1, 0.15) is 40.0 Å². The van der Waals surface area contributed by atoms with Crippen LogP contribution in [0.15, 0.2) is 53.3 Å². The lowest BCUT2D eigenvalue weighted by atomic mass is 10.0. The van der Waals surface area contributed by atoms with Crippen LogP contribution >= 0.6 is 15.9 Å². The highest BCUT2D eigenvalue weighted by molar-refractivity contribution is 9.10. The van der Waals surface area contributed by atoms with Crippen LogP contribution in [0.25, 0.3) is 11.1 Å². The lowest BCUT2D eigenvalue weighted by molar-refractivity contribution is 0.0939. The number of hydrogen-bond acceptors (Lipinski definition) is 4. The van der Waals surface area contributed by atoms with Crippen molar-refractivity contribution < 1.29 is 13.2 Å². The van der Waals surface area contributed by atoms with Gasteiger partial charge in [-0.25, -0.2) is 13.1 Å². The van der Waals surface area contributed by atoms with Crippen LogP contribution in [0.5, 0.6) is 0 Å². The first-order valence-electron chi connectivity index (χ1n) is 9.66. The van der Waals surface area contributed by atoms with Crippen molar-refractivity contribution in [1.82, 2.24) is 19.8 Å². The summed E-state index contributed by atoms with van der Waals surface area (Å²) in [5.41, 5.74) is 5.00. The van der Waals surface area contributed by atoms with E-state index in [1.54, 1.807) is 16.9 Å². The number of nitrogens with one attached hydrogen (secondary N) is 2. The molecule has 0 bridgehead atoms. The Morgan fingerprint density at radius 3 is 2.58 bits per heavy atom. The number of hydrogen-bond donors (Lipinski definition) is 2. The Bertz CT molecular complexity index is 1220. The molecule has 3 rings (SSSR count). The number of aromatic nitrogens is 2. The molecule has 9 heteroatoms. The molecular weight excluding hydrogens is 480 g/mol. The maximum absolute atomic E-state index is 13.0. The molecule has 1 amide bonds. The molecule has 7 nitrogen and oxygen atoms in total. The van der Waals surface area contributed by atoms with E-state index in [1.807, 2.05) is 57.4 Å². The van der Waals surface area contributed by atoms with Crippen LogP contribution < -0.4 is 10.0 Å². The zero-order valence-electron chi connectivity index (χ0n) is 17.8. The van der Waals surface area contributed by atoms with Crippen molar-refractivity contribution in [3.8, 4) is 11.1 Å². The van der Waals surface area contributed by atoms with Gasteiger partial charge in [-0.1, -0.05) is 28.1 Å². The summed E-state index contributed by atoms with van der Waals surface area (Å²) in [6, 6.07) is 11.1. The Hall–Kier alpha value is -2.49. The van der Waals surface area contributed by atoms with Crippen LogP contribution in [0.4, 0.5) is 0 Å². The van der Waals surface area contributed by atoms with Crippen molar-refractivity contribution in [3.63, 3.8) is 0 Å². The minimum absolute atomic E-state index is 0.134. The van der Waals surface area contributed by atoms with Crippen LogP contribution in [0.2, 0.25) is 0 Å². The molecule has 0 unspecified atom stereocenters. The van der Waals surface area contributed by atoms with E-state index in [0.717, 1.165) is 38.5 Å². The molecule has 0 aliphatic rings. The summed E-state index contributed by atoms with van der Waals surface area (Å²) in [4.78, 5) is 13.0. The second-order valence-corrected chi connectivity index (χ2v) is 10.4. The van der Waals surface area contributed by atoms with Gasteiger partial charge >= 0.3 is 0 Å². The molecule has 164 valence electrons. The molecule has 2 N–H and O–H groups in total. The molecule has 0 spiro atoms. The number of benzene rings is 2. The molecule has 0 saturated heterocycles. The van der Waals surface area contributed by atoms with E-state index < -0.39 is 10.0 Å². The van der Waals surface area contributed by atoms with Crippen molar-refractivity contribution >= 4 is 31.9 Å². The third kappa shape index (κ3) is 6.25. The van der Waals surface area contributed by atoms with Crippen molar-refractivity contribution in [2.45, 2.75) is 26.4 Å². The maximum atomic E-state index is 13.0. The minimum atomic E-state index is -3.31. The van der Waals surface area contributed by atoms with Crippen molar-refractivity contribution in [2.24, 2.45) is 7.05 Å². The number of sulfonamides is 1. The predicted molar refractivity (Wildman–Crippen MR) is 125 cm³/mol. The van der Waals surface area contributed by atoms with Gasteiger partial charge in [0.2, 0.25) is 10.0 Å². The van der Waals surface area contributed by atoms with Gasteiger partial charge in [0.25, 0.3) is 5.91 Å². The lowest BCUT2D eigenvalue weighted by Crippen LogP contribution is -2.28. The van der Waals surface area contributed by atoms with E-state index in [4.69, 9.17) is 0 Å². The summed E-state index contributed by atoms with van der Waals surface area (Å²) in [5.74, 6) is -0.214. The second kappa shape index (κ2) is 9.33. The molecule has 0 aliphatic carbocycles. The lowest BCUT2D eigenvalue weighted by Gasteiger charge is -2.17. The fourth-order valence-corrected chi connectivity index (χ4v) is 4.14. The molecule has 0 saturated carbocycles. The molecule has 0 aliphatic heterocycles. The number of aryl methyl sites for hydroxylation is 2. The van der Waals surface area contributed by atoms with E-state index in [0.29, 0.717) is 5.56 Å². The van der Waals surface area contributed by atoms with Gasteiger partial charge < -0.3 is 5.32 Å². The smallest absolute Gasteiger partial charge is 0.252 e. The largest absolute Gasteiger partial charge is 0.346 e. The summed E-state index contributed by atoms with van der Waals surface area (Å²) in [7, 11) is -1.44. The first kappa shape index (κ1) is 23.2. The molecule has 1 aromatic heterocycles. The minimum Gasteiger partial charge on any atom is -0.346 e. The summed E-state index contributed by atoms with van der Waals surface area (Å²) in [5, 5.41) is 7.27. The molecule has 2 aromatic carbocycles. The first-order chi connectivity index (χ1) is 14.5. The van der Waals surface area contributed by atoms with Crippen molar-refractivity contribution in [1.29, 1.82) is 0 Å². The normalized spacial score (nSPS) is 12.5. The number of rotatable bonds is 7. The van der Waals surface area contributed by atoms with Crippen LogP contribution in [0.3, 0.4) is 0 Å². The SMILES string of the molecule is Cc1ccc(CNS(C)(=O)=O)cc1C(=O)N[C@H](C)c1cc(Br)cc(-c2cnn(C)c2)c1. The Balaban J connectivity index is 1.80. The Kier molecular flexibility index (Phi) is 6.98. The monoisotopic (exact) mass is 504 g/mol. The summed E-state index contributed by atoms with van der Waals surface area (Å²) in [6.45, 7) is 3.92. The maximum Gasteiger partial charge on any atom is 0.252 e. The van der Waals surface area contributed by atoms with E-state index in [1.165, 1.54) is 0 Å². The quantitative estimate of drug-likeness (QED) is 0.512. The average Bonchev–Trinajstić information content (AvgIpc) is 3.12. The zero-order valence-corrected chi connectivity index (χ0v) is 20.2. The fraction of sp³-hybridized carbons (Fsp3) is 0.273. The van der Waals surface area contributed by atoms with Gasteiger partial charge in [0, 0.05) is 35.4 Å². The van der Waals surface area contributed by atoms with Gasteiger partial charge in [0.15, 0.2) is 0 Å². The van der Waals surface area contributed by atoms with E-state index in [9.17, 15) is 13.2 Å². The number of amides is 1. The van der Waals surface area contributed by atoms with Gasteiger partial charge in [-0.3, -0.25) is 9.48 Å². The topological polar surface area (TPSA) is 93.1 Å². The molecule has 1 atom stereocenters. The zero-order chi connectivity index (χ0) is 22.8. The van der Waals surface area contributed by atoms with Crippen LogP contribution in [-0.4, -0.2) is 30.4 Å². The van der Waals surface area contributed by atoms with Gasteiger partial charge in [0.05, 0.1) is 18.5 Å². The summed E-state index contributed by atoms with van der Waals surface area (Å²) < 4.78 is 27.8. The molecular formula is C22H25BrN4O3S. The Morgan fingerprint density at radius 2 is 1.94 bits per heavy atom. The van der Waals surface area contributed by atoms with Gasteiger partial charge in [0.1, 0.15) is 0 Å². The predicted octanol–water partition coefficient (Wildman–Crippen LogP) is 3.70. The highest BCUT2D eigenvalue weighted by Gasteiger charge is 2.16. The van der Waals surface area contributed by atoms with Crippen LogP contribution in [-0.2, 0) is 23.6 Å². The number of nitrogens with zero attached hydrogens (tertiary/aromatic N) is 2. The molecule has 3 aromatic rings. The molecule has 0 radical (unpaired) electrons. The van der Waals surface area contributed by atoms with Crippen molar-refractivity contribution in [2.75, 3.05) is 6.26 Å². The molecule has 1 heterocycles. The van der Waals surface area contributed by atoms with Gasteiger partial charge in [-0.15, -0.1) is 0 Å². The van der Waals surface area contributed by atoms with Gasteiger partial charge in [-0.05, 0) is 60.4 Å². The molecule has 0 fully saturated rings. The third-order valence-electron chi connectivity index (χ3n) is 4.89. The van der Waals surface area contributed by atoms with Gasteiger partial charge in [-0.2, -0.15) is 5.10 Å². The van der Waals surface area contributed by atoms with Crippen molar-refractivity contribution in [3.05, 3.63) is 75.5 Å². The third-order valence-corrected chi connectivity index (χ3v) is 6.02. The summed E-state index contributed by atoms with van der Waals surface area (Å²) >= 11 is 3.55. The fourth-order valence-electron chi connectivity index (χ4n) is 3.20. The van der Waals surface area contributed by atoms with Crippen LogP contribution in [0, 0.1) is 6.92 Å². The number of carbonyl (C=O) groups excluding carboxylic acids is 1. The van der Waals surface area contributed by atoms with E-state index in [-0.39, 0.29) is 18.5 Å². The first-order valence-corrected chi connectivity index (χ1v) is 12.3. The summed E-state index contributed by atoms with van der Waals surface area (Å²) in [6.07, 6.45) is 4.84. The van der Waals surface area contributed by atoms with E-state index in [2.05, 4.69) is 31.1 Å². The highest BCUT2D eigenvalue weighted by atomic mass is 79.9. The highest BCUT2D eigenvalue weighted by Crippen LogP contribution is 2.28.